The number of unbranched alkanes of at least 4 members (excludes halogenated alkanes) is 1. The summed E-state index contributed by atoms with van der Waals surface area (Å²) in [4.78, 5) is 10.4. The molecule has 0 fully saturated rings. The van der Waals surface area contributed by atoms with E-state index < -0.39 is 5.97 Å². The van der Waals surface area contributed by atoms with E-state index in [4.69, 9.17) is 9.84 Å². The molecular weight excluding hydrogens is 204 g/mol. The first-order valence-corrected chi connectivity index (χ1v) is 5.36. The molecule has 0 amide bonds. The highest BCUT2D eigenvalue weighted by molar-refractivity contribution is 5.85. The third kappa shape index (κ3) is 4.64. The Labute approximate surface area is 95.4 Å². The summed E-state index contributed by atoms with van der Waals surface area (Å²) in [5.41, 5.74) is 0.830. The first-order chi connectivity index (χ1) is 7.72. The average molecular weight is 220 g/mol. The van der Waals surface area contributed by atoms with E-state index in [0.717, 1.165) is 30.2 Å². The molecule has 0 spiro atoms. The number of hydrogen-bond acceptors (Lipinski definition) is 2. The second-order valence-corrected chi connectivity index (χ2v) is 3.45. The Morgan fingerprint density at radius 1 is 1.50 bits per heavy atom. The van der Waals surface area contributed by atoms with Gasteiger partial charge in [0.2, 0.25) is 0 Å². The molecule has 0 radical (unpaired) electrons. The van der Waals surface area contributed by atoms with Crippen molar-refractivity contribution >= 4 is 12.0 Å². The Kier molecular flexibility index (Phi) is 5.12. The molecule has 3 heteroatoms. The van der Waals surface area contributed by atoms with E-state index in [2.05, 4.69) is 6.92 Å². The van der Waals surface area contributed by atoms with Crippen molar-refractivity contribution in [3.8, 4) is 5.75 Å². The number of carboxylic acid groups (broad SMARTS) is 1. The third-order valence-electron chi connectivity index (χ3n) is 2.04. The molecule has 0 saturated heterocycles. The van der Waals surface area contributed by atoms with Crippen LogP contribution in [0.5, 0.6) is 5.75 Å². The molecule has 86 valence electrons. The molecule has 0 aliphatic carbocycles. The molecule has 0 aliphatic rings. The van der Waals surface area contributed by atoms with Crippen LogP contribution in [0.1, 0.15) is 25.3 Å². The second-order valence-electron chi connectivity index (χ2n) is 3.45. The Morgan fingerprint density at radius 2 is 2.31 bits per heavy atom. The lowest BCUT2D eigenvalue weighted by molar-refractivity contribution is -0.131. The highest BCUT2D eigenvalue weighted by Gasteiger charge is 1.95. The fourth-order valence-corrected chi connectivity index (χ4v) is 1.21. The Bertz CT molecular complexity index is 369. The van der Waals surface area contributed by atoms with Crippen molar-refractivity contribution in [1.29, 1.82) is 0 Å². The van der Waals surface area contributed by atoms with Gasteiger partial charge in [-0.3, -0.25) is 0 Å². The quantitative estimate of drug-likeness (QED) is 0.592. The van der Waals surface area contributed by atoms with Crippen LogP contribution in [0.4, 0.5) is 0 Å². The molecule has 0 heterocycles. The first-order valence-electron chi connectivity index (χ1n) is 5.36. The predicted molar refractivity (Wildman–Crippen MR) is 63.5 cm³/mol. The SMILES string of the molecule is CCCCOc1cccc(C=CC(=O)O)c1. The monoisotopic (exact) mass is 220 g/mol. The van der Waals surface area contributed by atoms with Crippen LogP contribution in [0.25, 0.3) is 6.08 Å². The molecule has 0 unspecified atom stereocenters. The minimum absolute atomic E-state index is 0.697. The number of ether oxygens (including phenoxy) is 1. The van der Waals surface area contributed by atoms with Crippen molar-refractivity contribution in [1.82, 2.24) is 0 Å². The van der Waals surface area contributed by atoms with Crippen LogP contribution in [-0.4, -0.2) is 17.7 Å². The van der Waals surface area contributed by atoms with Gasteiger partial charge in [-0.1, -0.05) is 25.5 Å². The Hall–Kier alpha value is -1.77. The van der Waals surface area contributed by atoms with Gasteiger partial charge in [-0.25, -0.2) is 4.79 Å². The zero-order chi connectivity index (χ0) is 11.8. The van der Waals surface area contributed by atoms with Gasteiger partial charge in [0.25, 0.3) is 0 Å². The van der Waals surface area contributed by atoms with Gasteiger partial charge < -0.3 is 9.84 Å². The fourth-order valence-electron chi connectivity index (χ4n) is 1.21. The van der Waals surface area contributed by atoms with Gasteiger partial charge >= 0.3 is 5.97 Å². The average Bonchev–Trinajstić information content (AvgIpc) is 2.27. The summed E-state index contributed by atoms with van der Waals surface area (Å²) in [7, 11) is 0. The number of carboxylic acids is 1. The van der Waals surface area contributed by atoms with Crippen molar-refractivity contribution < 1.29 is 14.6 Å². The van der Waals surface area contributed by atoms with Crippen LogP contribution in [0.2, 0.25) is 0 Å². The smallest absolute Gasteiger partial charge is 0.328 e. The molecule has 1 N–H and O–H groups in total. The van der Waals surface area contributed by atoms with E-state index in [1.165, 1.54) is 0 Å². The minimum Gasteiger partial charge on any atom is -0.494 e. The second kappa shape index (κ2) is 6.67. The molecule has 0 bridgehead atoms. The summed E-state index contributed by atoms with van der Waals surface area (Å²) in [5, 5.41) is 8.50. The lowest BCUT2D eigenvalue weighted by Gasteiger charge is -2.05. The third-order valence-corrected chi connectivity index (χ3v) is 2.04. The van der Waals surface area contributed by atoms with Gasteiger partial charge in [-0.2, -0.15) is 0 Å². The number of hydrogen-bond donors (Lipinski definition) is 1. The number of rotatable bonds is 6. The Balaban J connectivity index is 2.60. The molecule has 1 aromatic carbocycles. The van der Waals surface area contributed by atoms with Gasteiger partial charge in [-0.15, -0.1) is 0 Å². The topological polar surface area (TPSA) is 46.5 Å². The maximum absolute atomic E-state index is 10.4. The van der Waals surface area contributed by atoms with E-state index >= 15 is 0 Å². The highest BCUT2D eigenvalue weighted by Crippen LogP contribution is 2.14. The van der Waals surface area contributed by atoms with Gasteiger partial charge in [-0.05, 0) is 30.2 Å². The molecular formula is C13H16O3. The lowest BCUT2D eigenvalue weighted by atomic mass is 10.2. The van der Waals surface area contributed by atoms with Crippen LogP contribution in [0.3, 0.4) is 0 Å². The number of benzene rings is 1. The molecule has 3 nitrogen and oxygen atoms in total. The summed E-state index contributed by atoms with van der Waals surface area (Å²) in [6, 6.07) is 7.39. The maximum atomic E-state index is 10.4. The predicted octanol–water partition coefficient (Wildman–Crippen LogP) is 2.96. The van der Waals surface area contributed by atoms with E-state index in [0.29, 0.717) is 6.61 Å². The summed E-state index contributed by atoms with van der Waals surface area (Å²) >= 11 is 0. The summed E-state index contributed by atoms with van der Waals surface area (Å²) in [6.45, 7) is 2.80. The van der Waals surface area contributed by atoms with Crippen LogP contribution >= 0.6 is 0 Å². The van der Waals surface area contributed by atoms with Crippen molar-refractivity contribution in [2.45, 2.75) is 19.8 Å². The van der Waals surface area contributed by atoms with Gasteiger partial charge in [0.1, 0.15) is 5.75 Å². The van der Waals surface area contributed by atoms with Gasteiger partial charge in [0, 0.05) is 6.08 Å². The first kappa shape index (κ1) is 12.3. The number of aliphatic carboxylic acids is 1. The van der Waals surface area contributed by atoms with E-state index in [9.17, 15) is 4.79 Å². The van der Waals surface area contributed by atoms with E-state index in [1.807, 2.05) is 24.3 Å². The fraction of sp³-hybridized carbons (Fsp3) is 0.308. The lowest BCUT2D eigenvalue weighted by Crippen LogP contribution is -1.96. The summed E-state index contributed by atoms with van der Waals surface area (Å²) in [6.07, 6.45) is 4.79. The van der Waals surface area contributed by atoms with Crippen molar-refractivity contribution in [3.63, 3.8) is 0 Å². The van der Waals surface area contributed by atoms with Gasteiger partial charge in [0.15, 0.2) is 0 Å². The van der Waals surface area contributed by atoms with Crippen LogP contribution in [-0.2, 0) is 4.79 Å². The maximum Gasteiger partial charge on any atom is 0.328 e. The largest absolute Gasteiger partial charge is 0.494 e. The molecule has 1 rings (SSSR count). The molecule has 16 heavy (non-hydrogen) atoms. The molecule has 0 atom stereocenters. The van der Waals surface area contributed by atoms with Crippen molar-refractivity contribution in [2.24, 2.45) is 0 Å². The highest BCUT2D eigenvalue weighted by atomic mass is 16.5. The molecule has 0 aromatic heterocycles. The molecule has 0 saturated carbocycles. The van der Waals surface area contributed by atoms with Crippen molar-refractivity contribution in [3.05, 3.63) is 35.9 Å². The normalized spacial score (nSPS) is 10.6. The summed E-state index contributed by atoms with van der Waals surface area (Å²) in [5.74, 6) is -0.168. The zero-order valence-electron chi connectivity index (χ0n) is 9.35. The Morgan fingerprint density at radius 3 is 3.00 bits per heavy atom. The van der Waals surface area contributed by atoms with E-state index in [-0.39, 0.29) is 0 Å². The zero-order valence-corrected chi connectivity index (χ0v) is 9.35. The molecule has 0 aliphatic heterocycles. The summed E-state index contributed by atoms with van der Waals surface area (Å²) < 4.78 is 5.51. The number of carbonyl (C=O) groups is 1. The van der Waals surface area contributed by atoms with Crippen LogP contribution < -0.4 is 4.74 Å². The minimum atomic E-state index is -0.947. The van der Waals surface area contributed by atoms with Gasteiger partial charge in [0.05, 0.1) is 6.61 Å². The van der Waals surface area contributed by atoms with Crippen LogP contribution in [0, 0.1) is 0 Å². The van der Waals surface area contributed by atoms with E-state index in [1.54, 1.807) is 6.08 Å². The molecule has 1 aromatic rings. The van der Waals surface area contributed by atoms with Crippen LogP contribution in [0.15, 0.2) is 30.3 Å². The van der Waals surface area contributed by atoms with Crippen molar-refractivity contribution in [2.75, 3.05) is 6.61 Å². The standard InChI is InChI=1S/C13H16O3/c1-2-3-9-16-12-6-4-5-11(10-12)7-8-13(14)15/h4-8,10H,2-3,9H2,1H3,(H,14,15).